The zero-order valence-electron chi connectivity index (χ0n) is 12.8. The van der Waals surface area contributed by atoms with E-state index in [1.807, 2.05) is 42.5 Å². The molecule has 0 saturated heterocycles. The zero-order chi connectivity index (χ0) is 15.9. The van der Waals surface area contributed by atoms with Crippen LogP contribution < -0.4 is 0 Å². The third-order valence-corrected chi connectivity index (χ3v) is 4.18. The molecular weight excluding hydrogens is 306 g/mol. The van der Waals surface area contributed by atoms with Crippen LogP contribution in [0, 0.1) is 6.92 Å². The lowest BCUT2D eigenvalue weighted by molar-refractivity contribution is 0.430. The molecule has 0 saturated carbocycles. The smallest absolute Gasteiger partial charge is 0.166 e. The van der Waals surface area contributed by atoms with E-state index in [0.29, 0.717) is 13.1 Å². The lowest BCUT2D eigenvalue weighted by Crippen LogP contribution is -1.85. The summed E-state index contributed by atoms with van der Waals surface area (Å²) in [4.78, 5) is 4.26. The topological polar surface area (TPSA) is 50.8 Å². The molecule has 0 fully saturated rings. The molecule has 3 aromatic rings. The van der Waals surface area contributed by atoms with Gasteiger partial charge in [-0.05, 0) is 54.1 Å². The fourth-order valence-electron chi connectivity index (χ4n) is 2.04. The summed E-state index contributed by atoms with van der Waals surface area (Å²) in [5.74, 6) is 0.803. The Hall–Kier alpha value is -2.40. The second-order valence-corrected chi connectivity index (χ2v) is 6.04. The van der Waals surface area contributed by atoms with Crippen LogP contribution in [0.1, 0.15) is 16.9 Å². The van der Waals surface area contributed by atoms with Gasteiger partial charge in [-0.1, -0.05) is 30.3 Å². The summed E-state index contributed by atoms with van der Waals surface area (Å²) < 4.78 is 5.73. The second-order valence-electron chi connectivity index (χ2n) is 5.02. The van der Waals surface area contributed by atoms with Crippen molar-refractivity contribution in [1.82, 2.24) is 4.98 Å². The predicted octanol–water partition coefficient (Wildman–Crippen LogP) is 5.29. The van der Waals surface area contributed by atoms with Gasteiger partial charge in [0.15, 0.2) is 5.09 Å². The first-order chi connectivity index (χ1) is 11.3. The fourth-order valence-corrected chi connectivity index (χ4v) is 2.79. The summed E-state index contributed by atoms with van der Waals surface area (Å²) in [5.41, 5.74) is 2.43. The average molecular weight is 323 g/mol. The van der Waals surface area contributed by atoms with Crippen molar-refractivity contribution in [2.24, 2.45) is 10.2 Å². The Morgan fingerprint density at radius 2 is 1.78 bits per heavy atom. The van der Waals surface area contributed by atoms with E-state index in [0.717, 1.165) is 15.9 Å². The van der Waals surface area contributed by atoms with Gasteiger partial charge in [0.2, 0.25) is 0 Å². The number of aryl methyl sites for hydroxylation is 1. The molecule has 1 aromatic carbocycles. The molecule has 2 aromatic heterocycles. The molecule has 0 aliphatic rings. The van der Waals surface area contributed by atoms with Gasteiger partial charge in [-0.3, -0.25) is 0 Å². The molecule has 5 heteroatoms. The van der Waals surface area contributed by atoms with Gasteiger partial charge in [-0.15, -0.1) is 0 Å². The lowest BCUT2D eigenvalue weighted by Gasteiger charge is -1.99. The first-order valence-corrected chi connectivity index (χ1v) is 8.18. The summed E-state index contributed by atoms with van der Waals surface area (Å²) in [5, 5.41) is 10.2. The van der Waals surface area contributed by atoms with Gasteiger partial charge in [0.1, 0.15) is 17.3 Å². The number of aromatic nitrogens is 1. The monoisotopic (exact) mass is 323 g/mol. The van der Waals surface area contributed by atoms with Crippen LogP contribution >= 0.6 is 11.8 Å². The van der Waals surface area contributed by atoms with Crippen LogP contribution in [0.2, 0.25) is 0 Å². The molecule has 0 unspecified atom stereocenters. The molecule has 0 aliphatic heterocycles. The molecule has 0 N–H and O–H groups in total. The maximum Gasteiger partial charge on any atom is 0.166 e. The van der Waals surface area contributed by atoms with Gasteiger partial charge in [-0.2, -0.15) is 10.2 Å². The van der Waals surface area contributed by atoms with Crippen molar-refractivity contribution in [2.75, 3.05) is 0 Å². The van der Waals surface area contributed by atoms with Crippen molar-refractivity contribution in [3.05, 3.63) is 77.7 Å². The molecule has 0 spiro atoms. The van der Waals surface area contributed by atoms with Crippen LogP contribution in [0.5, 0.6) is 0 Å². The predicted molar refractivity (Wildman–Crippen MR) is 90.5 cm³/mol. The largest absolute Gasteiger partial charge is 0.452 e. The molecule has 23 heavy (non-hydrogen) atoms. The number of nitrogens with zero attached hydrogens (tertiary/aromatic N) is 3. The van der Waals surface area contributed by atoms with Crippen molar-refractivity contribution in [2.45, 2.75) is 30.1 Å². The van der Waals surface area contributed by atoms with Crippen LogP contribution in [0.15, 0.2) is 85.6 Å². The fraction of sp³-hybridized carbons (Fsp3) is 0.167. The molecule has 0 bridgehead atoms. The minimum absolute atomic E-state index is 0.453. The zero-order valence-corrected chi connectivity index (χ0v) is 13.7. The van der Waals surface area contributed by atoms with Gasteiger partial charge in [0, 0.05) is 6.20 Å². The Balaban J connectivity index is 1.53. The summed E-state index contributed by atoms with van der Waals surface area (Å²) in [6.07, 6.45) is 1.77. The van der Waals surface area contributed by atoms with Crippen LogP contribution in [-0.4, -0.2) is 4.98 Å². The SMILES string of the molecule is Cc1ccccc1CN=NCc1ccc(Sc2ccccn2)o1. The van der Waals surface area contributed by atoms with Gasteiger partial charge in [-0.25, -0.2) is 4.98 Å². The Labute approximate surface area is 139 Å². The molecule has 3 rings (SSSR count). The number of azo groups is 1. The highest BCUT2D eigenvalue weighted by Crippen LogP contribution is 2.27. The van der Waals surface area contributed by atoms with Crippen LogP contribution in [0.3, 0.4) is 0 Å². The van der Waals surface area contributed by atoms with Gasteiger partial charge in [0.05, 0.1) is 6.54 Å². The molecule has 4 nitrogen and oxygen atoms in total. The lowest BCUT2D eigenvalue weighted by atomic mass is 10.1. The number of furan rings is 1. The number of hydrogen-bond donors (Lipinski definition) is 0. The van der Waals surface area contributed by atoms with Crippen LogP contribution in [0.25, 0.3) is 0 Å². The van der Waals surface area contributed by atoms with Gasteiger partial charge >= 0.3 is 0 Å². The highest BCUT2D eigenvalue weighted by Gasteiger charge is 2.04. The number of rotatable bonds is 6. The Morgan fingerprint density at radius 1 is 0.957 bits per heavy atom. The van der Waals surface area contributed by atoms with E-state index in [1.54, 1.807) is 6.20 Å². The Bertz CT molecular complexity index is 784. The third kappa shape index (κ3) is 4.53. The van der Waals surface area contributed by atoms with E-state index < -0.39 is 0 Å². The molecular formula is C18H17N3OS. The summed E-state index contributed by atoms with van der Waals surface area (Å²) in [7, 11) is 0. The molecule has 0 radical (unpaired) electrons. The average Bonchev–Trinajstić information content (AvgIpc) is 3.01. The van der Waals surface area contributed by atoms with E-state index in [1.165, 1.54) is 22.9 Å². The quantitative estimate of drug-likeness (QED) is 0.579. The van der Waals surface area contributed by atoms with E-state index in [-0.39, 0.29) is 0 Å². The van der Waals surface area contributed by atoms with Crippen molar-refractivity contribution in [3.63, 3.8) is 0 Å². The van der Waals surface area contributed by atoms with E-state index in [9.17, 15) is 0 Å². The van der Waals surface area contributed by atoms with E-state index >= 15 is 0 Å². The van der Waals surface area contributed by atoms with E-state index in [2.05, 4.69) is 34.3 Å². The number of hydrogen-bond acceptors (Lipinski definition) is 5. The Kier molecular flexibility index (Phi) is 5.21. The maximum absolute atomic E-state index is 5.73. The third-order valence-electron chi connectivity index (χ3n) is 3.31. The summed E-state index contributed by atoms with van der Waals surface area (Å²) in [6.45, 7) is 3.14. The molecule has 0 atom stereocenters. The summed E-state index contributed by atoms with van der Waals surface area (Å²) >= 11 is 1.50. The van der Waals surface area contributed by atoms with Crippen molar-refractivity contribution in [1.29, 1.82) is 0 Å². The minimum Gasteiger partial charge on any atom is -0.452 e. The van der Waals surface area contributed by atoms with Crippen LogP contribution in [-0.2, 0) is 13.1 Å². The molecule has 0 amide bonds. The number of pyridine rings is 1. The highest BCUT2D eigenvalue weighted by molar-refractivity contribution is 7.99. The van der Waals surface area contributed by atoms with Gasteiger partial charge < -0.3 is 4.42 Å². The van der Waals surface area contributed by atoms with Crippen molar-refractivity contribution < 1.29 is 4.42 Å². The standard InChI is InChI=1S/C18H17N3OS/c1-14-6-2-3-7-15(14)12-20-21-13-16-9-10-18(22-16)23-17-8-4-5-11-19-17/h2-11H,12-13H2,1H3. The van der Waals surface area contributed by atoms with Gasteiger partial charge in [0.25, 0.3) is 0 Å². The van der Waals surface area contributed by atoms with Crippen molar-refractivity contribution in [3.8, 4) is 0 Å². The normalized spacial score (nSPS) is 11.2. The molecule has 116 valence electrons. The van der Waals surface area contributed by atoms with E-state index in [4.69, 9.17) is 4.42 Å². The maximum atomic E-state index is 5.73. The highest BCUT2D eigenvalue weighted by atomic mass is 32.2. The second kappa shape index (κ2) is 7.74. The first-order valence-electron chi connectivity index (χ1n) is 7.36. The number of benzene rings is 1. The van der Waals surface area contributed by atoms with Crippen LogP contribution in [0.4, 0.5) is 0 Å². The molecule has 0 aliphatic carbocycles. The minimum atomic E-state index is 0.453. The first kappa shape index (κ1) is 15.5. The summed E-state index contributed by atoms with van der Waals surface area (Å²) in [6, 6.07) is 17.9. The van der Waals surface area contributed by atoms with Crippen molar-refractivity contribution >= 4 is 11.8 Å². The Morgan fingerprint density at radius 3 is 2.61 bits per heavy atom. The molecule has 2 heterocycles.